The molecule has 0 spiro atoms. The standard InChI is InChI=1S/C16H26N2O3S/c1-4-17-22(19,20)16-9-10-18(12-16)11-13(2)14-5-7-15(21-3)8-6-14/h5-8,13,16-17H,4,9-12H2,1-3H3/t13-,16+/m0/s1. The minimum atomic E-state index is -3.16. The number of hydrogen-bond donors (Lipinski definition) is 1. The second-order valence-corrected chi connectivity index (χ2v) is 7.93. The Labute approximate surface area is 133 Å². The molecule has 0 aliphatic carbocycles. The van der Waals surface area contributed by atoms with Crippen LogP contribution in [0.4, 0.5) is 0 Å². The van der Waals surface area contributed by atoms with Crippen molar-refractivity contribution in [3.8, 4) is 5.75 Å². The predicted molar refractivity (Wildman–Crippen MR) is 88.9 cm³/mol. The summed E-state index contributed by atoms with van der Waals surface area (Å²) in [6, 6.07) is 8.08. The Balaban J connectivity index is 1.91. The van der Waals surface area contributed by atoms with Crippen molar-refractivity contribution in [3.63, 3.8) is 0 Å². The van der Waals surface area contributed by atoms with Gasteiger partial charge in [0.05, 0.1) is 12.4 Å². The van der Waals surface area contributed by atoms with Crippen molar-refractivity contribution in [2.45, 2.75) is 31.4 Å². The molecule has 2 atom stereocenters. The average Bonchev–Trinajstić information content (AvgIpc) is 2.96. The maximum Gasteiger partial charge on any atom is 0.215 e. The van der Waals surface area contributed by atoms with Gasteiger partial charge >= 0.3 is 0 Å². The lowest BCUT2D eigenvalue weighted by atomic mass is 10.0. The average molecular weight is 326 g/mol. The van der Waals surface area contributed by atoms with Gasteiger partial charge in [-0.15, -0.1) is 0 Å². The van der Waals surface area contributed by atoms with Crippen LogP contribution in [-0.4, -0.2) is 51.9 Å². The van der Waals surface area contributed by atoms with Gasteiger partial charge in [0.2, 0.25) is 10.0 Å². The van der Waals surface area contributed by atoms with Crippen LogP contribution in [0.1, 0.15) is 31.7 Å². The van der Waals surface area contributed by atoms with Gasteiger partial charge in [-0.05, 0) is 36.6 Å². The molecule has 0 radical (unpaired) electrons. The Morgan fingerprint density at radius 3 is 2.64 bits per heavy atom. The van der Waals surface area contributed by atoms with Gasteiger partial charge in [0.1, 0.15) is 5.75 Å². The van der Waals surface area contributed by atoms with Gasteiger partial charge in [-0.25, -0.2) is 13.1 Å². The van der Waals surface area contributed by atoms with E-state index in [1.165, 1.54) is 5.56 Å². The molecular formula is C16H26N2O3S. The third-order valence-electron chi connectivity index (χ3n) is 4.23. The van der Waals surface area contributed by atoms with Gasteiger partial charge in [0.15, 0.2) is 0 Å². The third-order valence-corrected chi connectivity index (χ3v) is 6.18. The van der Waals surface area contributed by atoms with Crippen molar-refractivity contribution in [2.75, 3.05) is 33.3 Å². The summed E-state index contributed by atoms with van der Waals surface area (Å²) in [5.41, 5.74) is 1.25. The highest BCUT2D eigenvalue weighted by molar-refractivity contribution is 7.90. The lowest BCUT2D eigenvalue weighted by Crippen LogP contribution is -2.36. The number of sulfonamides is 1. The van der Waals surface area contributed by atoms with E-state index in [4.69, 9.17) is 4.74 Å². The number of benzene rings is 1. The molecule has 2 rings (SSSR count). The molecule has 1 heterocycles. The molecule has 22 heavy (non-hydrogen) atoms. The molecule has 5 nitrogen and oxygen atoms in total. The van der Waals surface area contributed by atoms with E-state index in [1.54, 1.807) is 7.11 Å². The number of hydrogen-bond acceptors (Lipinski definition) is 4. The molecular weight excluding hydrogens is 300 g/mol. The van der Waals surface area contributed by atoms with Crippen LogP contribution in [0.5, 0.6) is 5.75 Å². The highest BCUT2D eigenvalue weighted by atomic mass is 32.2. The van der Waals surface area contributed by atoms with Gasteiger partial charge in [0.25, 0.3) is 0 Å². The summed E-state index contributed by atoms with van der Waals surface area (Å²) < 4.78 is 31.9. The summed E-state index contributed by atoms with van der Waals surface area (Å²) in [6.45, 7) is 6.79. The van der Waals surface area contributed by atoms with Crippen molar-refractivity contribution >= 4 is 10.0 Å². The molecule has 124 valence electrons. The number of rotatable bonds is 7. The zero-order valence-electron chi connectivity index (χ0n) is 13.6. The fourth-order valence-electron chi connectivity index (χ4n) is 2.96. The van der Waals surface area contributed by atoms with Crippen LogP contribution in [0.25, 0.3) is 0 Å². The summed E-state index contributed by atoms with van der Waals surface area (Å²) >= 11 is 0. The van der Waals surface area contributed by atoms with Gasteiger partial charge in [-0.2, -0.15) is 0 Å². The second kappa shape index (κ2) is 7.44. The third kappa shape index (κ3) is 4.21. The highest BCUT2D eigenvalue weighted by Gasteiger charge is 2.32. The van der Waals surface area contributed by atoms with Crippen LogP contribution in [0, 0.1) is 0 Å². The smallest absolute Gasteiger partial charge is 0.215 e. The molecule has 1 aliphatic rings. The Morgan fingerprint density at radius 2 is 2.05 bits per heavy atom. The number of nitrogens with zero attached hydrogens (tertiary/aromatic N) is 1. The van der Waals surface area contributed by atoms with Crippen molar-refractivity contribution in [3.05, 3.63) is 29.8 Å². The topological polar surface area (TPSA) is 58.6 Å². The molecule has 1 aromatic carbocycles. The molecule has 0 bridgehead atoms. The van der Waals surface area contributed by atoms with Gasteiger partial charge in [0, 0.05) is 19.6 Å². The fraction of sp³-hybridized carbons (Fsp3) is 0.625. The second-order valence-electron chi connectivity index (χ2n) is 5.89. The molecule has 0 saturated carbocycles. The van der Waals surface area contributed by atoms with Crippen LogP contribution < -0.4 is 9.46 Å². The minimum absolute atomic E-state index is 0.282. The Morgan fingerprint density at radius 1 is 1.36 bits per heavy atom. The molecule has 1 fully saturated rings. The monoisotopic (exact) mass is 326 g/mol. The Hall–Kier alpha value is -1.11. The van der Waals surface area contributed by atoms with Crippen LogP contribution in [0.2, 0.25) is 0 Å². The Kier molecular flexibility index (Phi) is 5.83. The number of nitrogens with one attached hydrogen (secondary N) is 1. The summed E-state index contributed by atoms with van der Waals surface area (Å²) in [7, 11) is -1.50. The first-order chi connectivity index (χ1) is 10.5. The van der Waals surface area contributed by atoms with E-state index < -0.39 is 10.0 Å². The first-order valence-electron chi connectivity index (χ1n) is 7.81. The molecule has 1 N–H and O–H groups in total. The zero-order chi connectivity index (χ0) is 16.2. The number of methoxy groups -OCH3 is 1. The maximum absolute atomic E-state index is 12.1. The largest absolute Gasteiger partial charge is 0.497 e. The van der Waals surface area contributed by atoms with E-state index in [9.17, 15) is 8.42 Å². The molecule has 1 aromatic rings. The van der Waals surface area contributed by atoms with Crippen molar-refractivity contribution in [2.24, 2.45) is 0 Å². The highest BCUT2D eigenvalue weighted by Crippen LogP contribution is 2.23. The van der Waals surface area contributed by atoms with E-state index in [1.807, 2.05) is 19.1 Å². The SMILES string of the molecule is CCNS(=O)(=O)[C@@H]1CCN(C[C@H](C)c2ccc(OC)cc2)C1. The molecule has 0 amide bonds. The van der Waals surface area contributed by atoms with Crippen LogP contribution in [0.3, 0.4) is 0 Å². The Bertz CT molecular complexity index is 572. The summed E-state index contributed by atoms with van der Waals surface area (Å²) in [5.74, 6) is 1.22. The van der Waals surface area contributed by atoms with E-state index >= 15 is 0 Å². The van der Waals surface area contributed by atoms with Crippen LogP contribution in [0.15, 0.2) is 24.3 Å². The molecule has 0 unspecified atom stereocenters. The number of likely N-dealkylation sites (tertiary alicyclic amines) is 1. The quantitative estimate of drug-likeness (QED) is 0.830. The van der Waals surface area contributed by atoms with Crippen molar-refractivity contribution in [1.29, 1.82) is 0 Å². The van der Waals surface area contributed by atoms with Crippen molar-refractivity contribution < 1.29 is 13.2 Å². The lowest BCUT2D eigenvalue weighted by Gasteiger charge is -2.21. The van der Waals surface area contributed by atoms with Gasteiger partial charge < -0.3 is 9.64 Å². The molecule has 6 heteroatoms. The van der Waals surface area contributed by atoms with Gasteiger partial charge in [-0.1, -0.05) is 26.0 Å². The van der Waals surface area contributed by atoms with E-state index in [-0.39, 0.29) is 5.25 Å². The lowest BCUT2D eigenvalue weighted by molar-refractivity contribution is 0.320. The summed E-state index contributed by atoms with van der Waals surface area (Å²) in [5, 5.41) is -0.282. The van der Waals surface area contributed by atoms with E-state index in [2.05, 4.69) is 28.7 Å². The molecule has 1 aliphatic heterocycles. The van der Waals surface area contributed by atoms with Crippen LogP contribution in [-0.2, 0) is 10.0 Å². The number of ether oxygens (including phenoxy) is 1. The molecule has 1 saturated heterocycles. The minimum Gasteiger partial charge on any atom is -0.497 e. The van der Waals surface area contributed by atoms with Gasteiger partial charge in [-0.3, -0.25) is 0 Å². The first kappa shape index (κ1) is 17.2. The normalized spacial score (nSPS) is 21.0. The van der Waals surface area contributed by atoms with Crippen molar-refractivity contribution in [1.82, 2.24) is 9.62 Å². The zero-order valence-corrected chi connectivity index (χ0v) is 14.4. The first-order valence-corrected chi connectivity index (χ1v) is 9.35. The van der Waals surface area contributed by atoms with E-state index in [0.29, 0.717) is 25.4 Å². The molecule has 0 aromatic heterocycles. The predicted octanol–water partition coefficient (Wildman–Crippen LogP) is 1.81. The fourth-order valence-corrected chi connectivity index (χ4v) is 4.42. The summed E-state index contributed by atoms with van der Waals surface area (Å²) in [4.78, 5) is 2.24. The van der Waals surface area contributed by atoms with Crippen LogP contribution >= 0.6 is 0 Å². The van der Waals surface area contributed by atoms with E-state index in [0.717, 1.165) is 18.8 Å². The summed E-state index contributed by atoms with van der Waals surface area (Å²) in [6.07, 6.45) is 0.713. The maximum atomic E-state index is 12.1.